The smallest absolute Gasteiger partial charge is 0.279 e. The van der Waals surface area contributed by atoms with Gasteiger partial charge in [0, 0.05) is 10.6 Å². The summed E-state index contributed by atoms with van der Waals surface area (Å²) in [4.78, 5) is 12.0. The Labute approximate surface area is 134 Å². The van der Waals surface area contributed by atoms with Gasteiger partial charge in [0.25, 0.3) is 5.91 Å². The van der Waals surface area contributed by atoms with Gasteiger partial charge in [-0.15, -0.1) is 0 Å². The number of rotatable bonds is 5. The number of carbonyl (C=O) groups excluding carboxylic acids is 1. The fraction of sp³-hybridized carbons (Fsp3) is 0.188. The van der Waals surface area contributed by atoms with Crippen molar-refractivity contribution in [3.63, 3.8) is 0 Å². The third-order valence-electron chi connectivity index (χ3n) is 3.18. The number of halogens is 2. The van der Waals surface area contributed by atoms with E-state index in [0.29, 0.717) is 22.3 Å². The van der Waals surface area contributed by atoms with E-state index in [1.54, 1.807) is 18.2 Å². The van der Waals surface area contributed by atoms with Gasteiger partial charge < -0.3 is 10.6 Å². The Kier molecular flexibility index (Phi) is 5.62. The highest BCUT2D eigenvalue weighted by molar-refractivity contribution is 6.35. The van der Waals surface area contributed by atoms with E-state index < -0.39 is 0 Å². The normalized spacial score (nSPS) is 12.0. The van der Waals surface area contributed by atoms with Crippen molar-refractivity contribution in [1.82, 2.24) is 0 Å². The van der Waals surface area contributed by atoms with Crippen LogP contribution in [0.4, 0.5) is 5.69 Å². The summed E-state index contributed by atoms with van der Waals surface area (Å²) in [5.41, 5.74) is 1.72. The molecule has 1 amide bonds. The lowest BCUT2D eigenvalue weighted by Gasteiger charge is -2.11. The number of carbonyl (C=O) groups is 1. The van der Waals surface area contributed by atoms with Crippen LogP contribution in [0, 0.1) is 0 Å². The summed E-state index contributed by atoms with van der Waals surface area (Å²) in [6.45, 7) is 2.38. The molecule has 0 bridgehead atoms. The van der Waals surface area contributed by atoms with E-state index in [-0.39, 0.29) is 11.9 Å². The number of amides is 1. The molecule has 0 spiro atoms. The average molecular weight is 324 g/mol. The summed E-state index contributed by atoms with van der Waals surface area (Å²) in [5, 5.41) is 5.76. The Morgan fingerprint density at radius 3 is 2.62 bits per heavy atom. The lowest BCUT2D eigenvalue weighted by atomic mass is 10.1. The van der Waals surface area contributed by atoms with Crippen LogP contribution in [0.5, 0.6) is 0 Å². The quantitative estimate of drug-likeness (QED) is 0.871. The molecule has 0 saturated carbocycles. The zero-order valence-corrected chi connectivity index (χ0v) is 13.2. The van der Waals surface area contributed by atoms with Crippen LogP contribution in [0.1, 0.15) is 18.5 Å². The molecule has 0 fully saturated rings. The monoisotopic (exact) mass is 323 g/mol. The van der Waals surface area contributed by atoms with Crippen molar-refractivity contribution in [1.29, 1.82) is 0 Å². The van der Waals surface area contributed by atoms with Crippen LogP contribution in [0.3, 0.4) is 0 Å². The molecule has 0 aliphatic heterocycles. The second-order valence-corrected chi connectivity index (χ2v) is 5.66. The third kappa shape index (κ3) is 4.74. The molecular weight excluding hydrogens is 307 g/mol. The first-order chi connectivity index (χ1) is 10.1. The number of anilines is 1. The van der Waals surface area contributed by atoms with E-state index in [1.807, 2.05) is 35.6 Å². The Bertz CT molecular complexity index is 617. The number of hydrogen-bond acceptors (Lipinski definition) is 1. The van der Waals surface area contributed by atoms with Crippen LogP contribution in [-0.2, 0) is 4.79 Å². The van der Waals surface area contributed by atoms with Crippen molar-refractivity contribution in [3.05, 3.63) is 64.1 Å². The van der Waals surface area contributed by atoms with Crippen LogP contribution in [0.25, 0.3) is 0 Å². The molecule has 0 heterocycles. The van der Waals surface area contributed by atoms with E-state index in [2.05, 4.69) is 12.2 Å². The van der Waals surface area contributed by atoms with Gasteiger partial charge in [0.1, 0.15) is 6.04 Å². The fourth-order valence-corrected chi connectivity index (χ4v) is 2.31. The van der Waals surface area contributed by atoms with Gasteiger partial charge in [-0.3, -0.25) is 4.79 Å². The van der Waals surface area contributed by atoms with E-state index in [9.17, 15) is 4.79 Å². The van der Waals surface area contributed by atoms with E-state index in [4.69, 9.17) is 23.2 Å². The third-order valence-corrected chi connectivity index (χ3v) is 3.75. The molecule has 2 aromatic rings. The summed E-state index contributed by atoms with van der Waals surface area (Å²) in [5.74, 6) is -0.109. The molecule has 5 heteroatoms. The zero-order chi connectivity index (χ0) is 15.2. The van der Waals surface area contributed by atoms with Crippen LogP contribution in [0.2, 0.25) is 10.0 Å². The van der Waals surface area contributed by atoms with Crippen molar-refractivity contribution >= 4 is 34.8 Å². The molecule has 110 valence electrons. The zero-order valence-electron chi connectivity index (χ0n) is 11.6. The second kappa shape index (κ2) is 7.46. The lowest BCUT2D eigenvalue weighted by Crippen LogP contribution is -2.86. The van der Waals surface area contributed by atoms with Gasteiger partial charge in [0.05, 0.1) is 10.7 Å². The van der Waals surface area contributed by atoms with E-state index >= 15 is 0 Å². The molecule has 0 aliphatic carbocycles. The molecule has 0 unspecified atom stereocenters. The number of nitrogens with one attached hydrogen (secondary N) is 1. The van der Waals surface area contributed by atoms with Crippen molar-refractivity contribution in [2.24, 2.45) is 0 Å². The standard InChI is InChI=1S/C16H16Cl2N2O/c1-11(12-5-3-2-4-6-12)19-10-16(21)20-15-9-13(17)7-8-14(15)18/h2-9,11,19H,10H2,1H3,(H,20,21)/p+1/t11-/m1/s1. The van der Waals surface area contributed by atoms with Crippen LogP contribution in [0.15, 0.2) is 48.5 Å². The summed E-state index contributed by atoms with van der Waals surface area (Å²) in [7, 11) is 0. The SMILES string of the molecule is C[C@@H]([NH2+]CC(=O)Nc1cc(Cl)ccc1Cl)c1ccccc1. The molecule has 3 N–H and O–H groups in total. The van der Waals surface area contributed by atoms with Crippen molar-refractivity contribution in [2.75, 3.05) is 11.9 Å². The number of nitrogens with two attached hydrogens (primary N) is 1. The van der Waals surface area contributed by atoms with E-state index in [0.717, 1.165) is 0 Å². The molecule has 2 aromatic carbocycles. The largest absolute Gasteiger partial charge is 0.333 e. The highest BCUT2D eigenvalue weighted by atomic mass is 35.5. The van der Waals surface area contributed by atoms with Crippen LogP contribution in [-0.4, -0.2) is 12.5 Å². The first-order valence-electron chi connectivity index (χ1n) is 6.69. The lowest BCUT2D eigenvalue weighted by molar-refractivity contribution is -0.682. The summed E-state index contributed by atoms with van der Waals surface area (Å²) in [6.07, 6.45) is 0. The van der Waals surface area contributed by atoms with Gasteiger partial charge >= 0.3 is 0 Å². The second-order valence-electron chi connectivity index (χ2n) is 4.81. The summed E-state index contributed by atoms with van der Waals surface area (Å²) >= 11 is 11.9. The first-order valence-corrected chi connectivity index (χ1v) is 7.45. The maximum atomic E-state index is 12.0. The Hall–Kier alpha value is -1.55. The Balaban J connectivity index is 1.89. The van der Waals surface area contributed by atoms with Crippen LogP contribution >= 0.6 is 23.2 Å². The molecule has 0 aliphatic rings. The highest BCUT2D eigenvalue weighted by Gasteiger charge is 2.12. The topological polar surface area (TPSA) is 45.7 Å². The predicted molar refractivity (Wildman–Crippen MR) is 86.7 cm³/mol. The predicted octanol–water partition coefficient (Wildman–Crippen LogP) is 3.26. The highest BCUT2D eigenvalue weighted by Crippen LogP contribution is 2.25. The summed E-state index contributed by atoms with van der Waals surface area (Å²) in [6, 6.07) is 15.3. The maximum absolute atomic E-state index is 12.0. The minimum Gasteiger partial charge on any atom is -0.333 e. The molecule has 21 heavy (non-hydrogen) atoms. The Morgan fingerprint density at radius 1 is 1.19 bits per heavy atom. The molecule has 3 nitrogen and oxygen atoms in total. The molecule has 0 saturated heterocycles. The minimum absolute atomic E-state index is 0.109. The minimum atomic E-state index is -0.109. The van der Waals surface area contributed by atoms with Gasteiger partial charge in [-0.05, 0) is 25.1 Å². The fourth-order valence-electron chi connectivity index (χ4n) is 1.97. The van der Waals surface area contributed by atoms with Crippen molar-refractivity contribution < 1.29 is 10.1 Å². The molecule has 2 rings (SSSR count). The number of hydrogen-bond donors (Lipinski definition) is 2. The number of benzene rings is 2. The maximum Gasteiger partial charge on any atom is 0.279 e. The van der Waals surface area contributed by atoms with E-state index in [1.165, 1.54) is 5.56 Å². The Morgan fingerprint density at radius 2 is 1.90 bits per heavy atom. The number of quaternary nitrogens is 1. The first kappa shape index (κ1) is 15.8. The molecule has 0 radical (unpaired) electrons. The average Bonchev–Trinajstić information content (AvgIpc) is 2.49. The van der Waals surface area contributed by atoms with Crippen molar-refractivity contribution in [2.45, 2.75) is 13.0 Å². The van der Waals surface area contributed by atoms with Crippen molar-refractivity contribution in [3.8, 4) is 0 Å². The van der Waals surface area contributed by atoms with Gasteiger partial charge in [-0.25, -0.2) is 0 Å². The molecule has 1 atom stereocenters. The van der Waals surface area contributed by atoms with Gasteiger partial charge in [-0.2, -0.15) is 0 Å². The van der Waals surface area contributed by atoms with Gasteiger partial charge in [0.15, 0.2) is 6.54 Å². The molecular formula is C16H17Cl2N2O+. The van der Waals surface area contributed by atoms with Gasteiger partial charge in [0.2, 0.25) is 0 Å². The van der Waals surface area contributed by atoms with Gasteiger partial charge in [-0.1, -0.05) is 53.5 Å². The summed E-state index contributed by atoms with van der Waals surface area (Å²) < 4.78 is 0. The molecule has 0 aromatic heterocycles. The van der Waals surface area contributed by atoms with Crippen LogP contribution < -0.4 is 10.6 Å².